The fourth-order valence-electron chi connectivity index (χ4n) is 0.266. The van der Waals surface area contributed by atoms with Crippen molar-refractivity contribution in [1.29, 1.82) is 0 Å². The van der Waals surface area contributed by atoms with Gasteiger partial charge in [-0.1, -0.05) is 0 Å². The Labute approximate surface area is 91.1 Å². The molecule has 1 heterocycles. The Bertz CT molecular complexity index is 186. The second kappa shape index (κ2) is 17.8. The van der Waals surface area contributed by atoms with Crippen molar-refractivity contribution in [2.45, 2.75) is 0 Å². The molecule has 12 heteroatoms. The molecule has 0 saturated carbocycles. The number of primary amides is 1. The smallest absolute Gasteiger partial charge is 0.693 e. The zero-order valence-corrected chi connectivity index (χ0v) is 8.09. The third-order valence-corrected chi connectivity index (χ3v) is 0.566. The van der Waals surface area contributed by atoms with E-state index < -0.39 is 5.91 Å². The SMILES string of the molecule is NC(=O)c1nn[nH]n1.[Co+3].[NH2-].[NH2-].[NH2-].[NH2-].[NH2-]. The van der Waals surface area contributed by atoms with E-state index in [4.69, 9.17) is 5.73 Å². The molecular weight excluding hydrogens is 239 g/mol. The molecular formula is C2H13CoN10O-2. The number of aromatic amines is 1. The number of hydrogen-bond acceptors (Lipinski definition) is 4. The molecule has 0 aliphatic heterocycles. The Balaban J connectivity index is -0.0000000267. The number of hydrogen-bond donors (Lipinski definition) is 2. The third-order valence-electron chi connectivity index (χ3n) is 0.566. The fraction of sp³-hybridized carbons (Fsp3) is 0. The van der Waals surface area contributed by atoms with E-state index in [9.17, 15) is 4.79 Å². The summed E-state index contributed by atoms with van der Waals surface area (Å²) in [5.74, 6) is -0.774. The summed E-state index contributed by atoms with van der Waals surface area (Å²) in [4.78, 5) is 10.1. The fourth-order valence-corrected chi connectivity index (χ4v) is 0.266. The number of H-pyrrole nitrogens is 1. The summed E-state index contributed by atoms with van der Waals surface area (Å²) in [7, 11) is 0. The molecule has 0 spiro atoms. The molecule has 11 nitrogen and oxygen atoms in total. The third kappa shape index (κ3) is 10.8. The van der Waals surface area contributed by atoms with Crippen molar-refractivity contribution in [3.63, 3.8) is 0 Å². The van der Waals surface area contributed by atoms with Crippen LogP contribution in [0.2, 0.25) is 0 Å². The van der Waals surface area contributed by atoms with E-state index >= 15 is 0 Å². The van der Waals surface area contributed by atoms with Crippen LogP contribution in [0.15, 0.2) is 0 Å². The van der Waals surface area contributed by atoms with Crippen LogP contribution in [0, 0.1) is 0 Å². The van der Waals surface area contributed by atoms with Crippen molar-refractivity contribution < 1.29 is 21.6 Å². The van der Waals surface area contributed by atoms with Crippen molar-refractivity contribution in [2.75, 3.05) is 0 Å². The van der Waals surface area contributed by atoms with Crippen molar-refractivity contribution >= 4 is 5.91 Å². The second-order valence-corrected chi connectivity index (χ2v) is 1.10. The molecule has 0 bridgehead atoms. The molecule has 14 heavy (non-hydrogen) atoms. The van der Waals surface area contributed by atoms with Gasteiger partial charge in [-0.3, -0.25) is 4.79 Å². The molecule has 0 fully saturated rings. The van der Waals surface area contributed by atoms with E-state index in [-0.39, 0.29) is 53.4 Å². The van der Waals surface area contributed by atoms with Gasteiger partial charge in [0, 0.05) is 0 Å². The molecule has 0 atom stereocenters. The van der Waals surface area contributed by atoms with Crippen LogP contribution < -0.4 is 5.73 Å². The van der Waals surface area contributed by atoms with Gasteiger partial charge >= 0.3 is 16.8 Å². The summed E-state index contributed by atoms with van der Waals surface area (Å²) in [6.07, 6.45) is 0. The van der Waals surface area contributed by atoms with Crippen LogP contribution in [0.3, 0.4) is 0 Å². The van der Waals surface area contributed by atoms with Crippen molar-refractivity contribution in [2.24, 2.45) is 5.73 Å². The summed E-state index contributed by atoms with van der Waals surface area (Å²) in [5, 5.41) is 11.8. The number of rotatable bonds is 1. The van der Waals surface area contributed by atoms with Crippen LogP contribution in [-0.4, -0.2) is 26.5 Å². The predicted octanol–water partition coefficient (Wildman–Crippen LogP) is 1.88. The topological polar surface area (TPSA) is 265 Å². The monoisotopic (exact) mass is 252 g/mol. The zero-order chi connectivity index (χ0) is 5.98. The number of carbonyl (C=O) groups is 1. The minimum absolute atomic E-state index is 0. The molecule has 0 aliphatic rings. The maximum absolute atomic E-state index is 10.1. The Hall–Kier alpha value is -1.15. The first kappa shape index (κ1) is 38.5. The predicted molar refractivity (Wildman–Crippen MR) is 49.1 cm³/mol. The summed E-state index contributed by atoms with van der Waals surface area (Å²) in [6, 6.07) is 0. The van der Waals surface area contributed by atoms with E-state index in [1.807, 2.05) is 0 Å². The average molecular weight is 252 g/mol. The van der Waals surface area contributed by atoms with E-state index in [1.54, 1.807) is 0 Å². The minimum Gasteiger partial charge on any atom is -0.693 e. The summed E-state index contributed by atoms with van der Waals surface area (Å²) < 4.78 is 0. The molecule has 0 saturated heterocycles. The van der Waals surface area contributed by atoms with Gasteiger partial charge in [0.25, 0.3) is 11.7 Å². The minimum atomic E-state index is -0.682. The molecule has 0 aliphatic carbocycles. The first-order valence-electron chi connectivity index (χ1n) is 1.84. The number of nitrogens with zero attached hydrogens (tertiary/aromatic N) is 3. The van der Waals surface area contributed by atoms with Crippen molar-refractivity contribution in [3.8, 4) is 0 Å². The largest absolute Gasteiger partial charge is 3.00 e. The van der Waals surface area contributed by atoms with Gasteiger partial charge in [-0.05, 0) is 5.21 Å². The van der Waals surface area contributed by atoms with Crippen LogP contribution in [0.1, 0.15) is 10.6 Å². The van der Waals surface area contributed by atoms with Crippen LogP contribution in [0.5, 0.6) is 0 Å². The van der Waals surface area contributed by atoms with E-state index in [0.717, 1.165) is 0 Å². The number of nitrogens with two attached hydrogens (primary N) is 6. The molecule has 1 aromatic rings. The molecule has 0 radical (unpaired) electrons. The van der Waals surface area contributed by atoms with Crippen LogP contribution in [-0.2, 0) is 16.8 Å². The van der Waals surface area contributed by atoms with E-state index in [1.165, 1.54) is 0 Å². The summed E-state index contributed by atoms with van der Waals surface area (Å²) in [5.41, 5.74) is 4.73. The van der Waals surface area contributed by atoms with E-state index in [2.05, 4.69) is 20.6 Å². The van der Waals surface area contributed by atoms with Crippen molar-refractivity contribution in [1.82, 2.24) is 20.6 Å². The standard InChI is InChI=1S/C2H3N5O.Co.5H2N/c3-1(8)2-4-6-7-5-2;;;;;;/h(H2,3,8)(H,4,5,6,7);;5*1H2/q;+3;5*-1. The maximum atomic E-state index is 10.1. The molecule has 0 aromatic carbocycles. The molecule has 88 valence electrons. The second-order valence-electron chi connectivity index (χ2n) is 1.10. The number of tetrazole rings is 1. The van der Waals surface area contributed by atoms with Gasteiger partial charge in [-0.2, -0.15) is 5.21 Å². The molecule has 0 unspecified atom stereocenters. The Morgan fingerprint density at radius 3 is 1.71 bits per heavy atom. The molecule has 1 amide bonds. The van der Waals surface area contributed by atoms with Gasteiger partial charge in [0.1, 0.15) is 0 Å². The molecule has 1 aromatic heterocycles. The number of aromatic nitrogens is 4. The van der Waals surface area contributed by atoms with Crippen LogP contribution in [0.4, 0.5) is 0 Å². The first-order valence-corrected chi connectivity index (χ1v) is 1.84. The van der Waals surface area contributed by atoms with Gasteiger partial charge in [0.2, 0.25) is 0 Å². The number of nitrogens with one attached hydrogen (secondary N) is 1. The van der Waals surface area contributed by atoms with Gasteiger partial charge < -0.3 is 36.5 Å². The molecule has 13 N–H and O–H groups in total. The zero-order valence-electron chi connectivity index (χ0n) is 7.05. The van der Waals surface area contributed by atoms with Crippen LogP contribution in [0.25, 0.3) is 30.8 Å². The number of carbonyl (C=O) groups excluding carboxylic acids is 1. The van der Waals surface area contributed by atoms with Gasteiger partial charge in [-0.25, -0.2) is 0 Å². The first-order chi connectivity index (χ1) is 3.80. The quantitative estimate of drug-likeness (QED) is 0.756. The summed E-state index contributed by atoms with van der Waals surface area (Å²) >= 11 is 0. The van der Waals surface area contributed by atoms with E-state index in [0.29, 0.717) is 0 Å². The molecule has 1 rings (SSSR count). The normalized spacial score (nSPS) is 5.14. The Morgan fingerprint density at radius 1 is 1.14 bits per heavy atom. The van der Waals surface area contributed by atoms with Gasteiger partial charge in [-0.15, -0.1) is 10.2 Å². The Morgan fingerprint density at radius 2 is 1.57 bits per heavy atom. The van der Waals surface area contributed by atoms with Crippen LogP contribution >= 0.6 is 0 Å². The maximum Gasteiger partial charge on any atom is 3.00 e. The van der Waals surface area contributed by atoms with Crippen molar-refractivity contribution in [3.05, 3.63) is 36.6 Å². The Kier molecular flexibility index (Phi) is 48.9. The average Bonchev–Trinajstić information content (AvgIpc) is 2.12. The summed E-state index contributed by atoms with van der Waals surface area (Å²) in [6.45, 7) is 0. The van der Waals surface area contributed by atoms with Gasteiger partial charge in [0.05, 0.1) is 0 Å². The van der Waals surface area contributed by atoms with Gasteiger partial charge in [0.15, 0.2) is 0 Å². The number of amides is 1.